The van der Waals surface area contributed by atoms with Crippen LogP contribution in [0.25, 0.3) is 5.69 Å². The van der Waals surface area contributed by atoms with Gasteiger partial charge in [-0.25, -0.2) is 4.68 Å². The maximum absolute atomic E-state index is 5.96. The molecule has 1 heterocycles. The normalized spacial score (nSPS) is 15.2. The second kappa shape index (κ2) is 4.46. The lowest BCUT2D eigenvalue weighted by Crippen LogP contribution is -2.00. The third-order valence-corrected chi connectivity index (χ3v) is 3.82. The summed E-state index contributed by atoms with van der Waals surface area (Å²) in [5.41, 5.74) is 3.35. The molecule has 0 bridgehead atoms. The summed E-state index contributed by atoms with van der Waals surface area (Å²) >= 11 is 9.45. The predicted molar refractivity (Wildman–Crippen MR) is 72.8 cm³/mol. The van der Waals surface area contributed by atoms with Crippen molar-refractivity contribution in [2.75, 3.05) is 0 Å². The van der Waals surface area contributed by atoms with Gasteiger partial charge in [-0.15, -0.1) is 11.6 Å². The van der Waals surface area contributed by atoms with Crippen LogP contribution < -0.4 is 0 Å². The van der Waals surface area contributed by atoms with Crippen molar-refractivity contribution in [1.82, 2.24) is 9.78 Å². The first-order chi connectivity index (χ1) is 8.28. The van der Waals surface area contributed by atoms with Gasteiger partial charge in [0.15, 0.2) is 0 Å². The van der Waals surface area contributed by atoms with E-state index in [1.54, 1.807) is 0 Å². The van der Waals surface area contributed by atoms with Crippen molar-refractivity contribution in [3.05, 3.63) is 46.2 Å². The quantitative estimate of drug-likeness (QED) is 0.775. The molecule has 1 aromatic carbocycles. The number of hydrogen-bond acceptors (Lipinski definition) is 1. The Labute approximate surface area is 114 Å². The molecule has 2 aromatic rings. The van der Waals surface area contributed by atoms with Crippen molar-refractivity contribution in [3.63, 3.8) is 0 Å². The zero-order valence-electron chi connectivity index (χ0n) is 9.24. The van der Waals surface area contributed by atoms with Crippen LogP contribution in [-0.4, -0.2) is 9.78 Å². The molecule has 0 aliphatic heterocycles. The Hall–Kier alpha value is -0.800. The highest BCUT2D eigenvalue weighted by molar-refractivity contribution is 9.10. The highest BCUT2D eigenvalue weighted by Crippen LogP contribution is 2.39. The Kier molecular flexibility index (Phi) is 2.97. The van der Waals surface area contributed by atoms with Gasteiger partial charge < -0.3 is 0 Å². The van der Waals surface area contributed by atoms with Crippen molar-refractivity contribution >= 4 is 27.5 Å². The van der Waals surface area contributed by atoms with E-state index in [4.69, 9.17) is 11.6 Å². The van der Waals surface area contributed by atoms with Gasteiger partial charge in [-0.3, -0.25) is 0 Å². The summed E-state index contributed by atoms with van der Waals surface area (Å²) in [6.45, 7) is 0. The summed E-state index contributed by atoms with van der Waals surface area (Å²) in [6.07, 6.45) is 4.57. The van der Waals surface area contributed by atoms with Gasteiger partial charge in [0.1, 0.15) is 0 Å². The summed E-state index contributed by atoms with van der Waals surface area (Å²) in [5.74, 6) is 1.18. The molecule has 0 spiro atoms. The van der Waals surface area contributed by atoms with Crippen LogP contribution in [0.1, 0.15) is 30.0 Å². The van der Waals surface area contributed by atoms with Crippen molar-refractivity contribution in [2.45, 2.75) is 24.6 Å². The van der Waals surface area contributed by atoms with E-state index in [0.717, 1.165) is 15.7 Å². The number of hydrogen-bond donors (Lipinski definition) is 0. The molecule has 0 radical (unpaired) electrons. The number of rotatable bonds is 3. The largest absolute Gasteiger partial charge is 0.240 e. The van der Waals surface area contributed by atoms with E-state index in [0.29, 0.717) is 11.8 Å². The van der Waals surface area contributed by atoms with E-state index in [9.17, 15) is 0 Å². The molecule has 0 saturated heterocycles. The van der Waals surface area contributed by atoms with Crippen LogP contribution in [0.15, 0.2) is 34.9 Å². The van der Waals surface area contributed by atoms with Crippen LogP contribution in [0.4, 0.5) is 0 Å². The third kappa shape index (κ3) is 2.26. The molecular weight excluding hydrogens is 300 g/mol. The van der Waals surface area contributed by atoms with E-state index >= 15 is 0 Å². The van der Waals surface area contributed by atoms with E-state index in [1.165, 1.54) is 18.5 Å². The van der Waals surface area contributed by atoms with Crippen molar-refractivity contribution in [2.24, 2.45) is 0 Å². The van der Waals surface area contributed by atoms with Crippen LogP contribution >= 0.6 is 27.5 Å². The van der Waals surface area contributed by atoms with Crippen molar-refractivity contribution in [3.8, 4) is 5.69 Å². The molecule has 17 heavy (non-hydrogen) atoms. The number of nitrogens with zero attached hydrogens (tertiary/aromatic N) is 2. The molecule has 3 rings (SSSR count). The lowest BCUT2D eigenvalue weighted by Gasteiger charge is -2.07. The molecule has 0 N–H and O–H groups in total. The lowest BCUT2D eigenvalue weighted by molar-refractivity contribution is 0.830. The van der Waals surface area contributed by atoms with Gasteiger partial charge in [0.2, 0.25) is 0 Å². The molecular formula is C13H12BrClN2. The summed E-state index contributed by atoms with van der Waals surface area (Å²) < 4.78 is 2.97. The average molecular weight is 312 g/mol. The fourth-order valence-corrected chi connectivity index (χ4v) is 2.51. The number of aromatic nitrogens is 2. The smallest absolute Gasteiger partial charge is 0.0700 e. The Balaban J connectivity index is 2.03. The first-order valence-electron chi connectivity index (χ1n) is 5.68. The van der Waals surface area contributed by atoms with Crippen LogP contribution in [0.5, 0.6) is 0 Å². The Morgan fingerprint density at radius 1 is 1.35 bits per heavy atom. The van der Waals surface area contributed by atoms with Gasteiger partial charge in [-0.05, 0) is 36.6 Å². The van der Waals surface area contributed by atoms with Crippen molar-refractivity contribution in [1.29, 1.82) is 0 Å². The summed E-state index contributed by atoms with van der Waals surface area (Å²) in [6, 6.07) is 8.20. The number of alkyl halides is 1. The minimum absolute atomic E-state index is 0.501. The van der Waals surface area contributed by atoms with Gasteiger partial charge in [-0.1, -0.05) is 22.0 Å². The molecule has 2 nitrogen and oxygen atoms in total. The van der Waals surface area contributed by atoms with Gasteiger partial charge in [0.05, 0.1) is 11.4 Å². The standard InChI is InChI=1S/C13H12BrClN2/c14-11-4-3-10(8-15)13(7-11)17-6-5-12(16-17)9-1-2-9/h3-7,9H,1-2,8H2. The average Bonchev–Trinajstić information content (AvgIpc) is 3.07. The maximum Gasteiger partial charge on any atom is 0.0700 e. The molecule has 0 unspecified atom stereocenters. The topological polar surface area (TPSA) is 17.8 Å². The summed E-state index contributed by atoms with van der Waals surface area (Å²) in [7, 11) is 0. The molecule has 88 valence electrons. The van der Waals surface area contributed by atoms with E-state index in [2.05, 4.69) is 33.2 Å². The van der Waals surface area contributed by atoms with E-state index < -0.39 is 0 Å². The van der Waals surface area contributed by atoms with Gasteiger partial charge in [0.25, 0.3) is 0 Å². The fourth-order valence-electron chi connectivity index (χ4n) is 1.93. The zero-order chi connectivity index (χ0) is 11.8. The van der Waals surface area contributed by atoms with Gasteiger partial charge >= 0.3 is 0 Å². The minimum atomic E-state index is 0.501. The summed E-state index contributed by atoms with van der Waals surface area (Å²) in [5, 5.41) is 4.63. The van der Waals surface area contributed by atoms with Crippen LogP contribution in [0.3, 0.4) is 0 Å². The number of halogens is 2. The summed E-state index contributed by atoms with van der Waals surface area (Å²) in [4.78, 5) is 0. The Morgan fingerprint density at radius 3 is 2.88 bits per heavy atom. The Bertz CT molecular complexity index is 546. The fraction of sp³-hybridized carbons (Fsp3) is 0.308. The van der Waals surface area contributed by atoms with E-state index in [1.807, 2.05) is 23.0 Å². The molecule has 1 aromatic heterocycles. The van der Waals surface area contributed by atoms with Gasteiger partial charge in [-0.2, -0.15) is 5.10 Å². The monoisotopic (exact) mass is 310 g/mol. The molecule has 0 amide bonds. The van der Waals surface area contributed by atoms with Crippen LogP contribution in [-0.2, 0) is 5.88 Å². The number of benzene rings is 1. The molecule has 1 aliphatic rings. The first-order valence-corrected chi connectivity index (χ1v) is 7.01. The highest BCUT2D eigenvalue weighted by atomic mass is 79.9. The third-order valence-electron chi connectivity index (χ3n) is 3.04. The first kappa shape index (κ1) is 11.3. The molecule has 1 saturated carbocycles. The van der Waals surface area contributed by atoms with Crippen molar-refractivity contribution < 1.29 is 0 Å². The lowest BCUT2D eigenvalue weighted by atomic mass is 10.2. The van der Waals surface area contributed by atoms with Crippen LogP contribution in [0.2, 0.25) is 0 Å². The minimum Gasteiger partial charge on any atom is -0.240 e. The zero-order valence-corrected chi connectivity index (χ0v) is 11.6. The Morgan fingerprint density at radius 2 is 2.18 bits per heavy atom. The second-order valence-corrected chi connectivity index (χ2v) is 5.55. The molecule has 4 heteroatoms. The SMILES string of the molecule is ClCc1ccc(Br)cc1-n1ccc(C2CC2)n1. The maximum atomic E-state index is 5.96. The molecule has 1 aliphatic carbocycles. The molecule has 0 atom stereocenters. The van der Waals surface area contributed by atoms with Gasteiger partial charge in [0, 0.05) is 22.5 Å². The van der Waals surface area contributed by atoms with Crippen LogP contribution in [0, 0.1) is 0 Å². The second-order valence-electron chi connectivity index (χ2n) is 4.37. The van der Waals surface area contributed by atoms with E-state index in [-0.39, 0.29) is 0 Å². The highest BCUT2D eigenvalue weighted by Gasteiger charge is 2.26. The predicted octanol–water partition coefficient (Wildman–Crippen LogP) is 4.25. The molecule has 1 fully saturated rings.